The van der Waals surface area contributed by atoms with E-state index in [0.717, 1.165) is 35.6 Å². The van der Waals surface area contributed by atoms with E-state index in [4.69, 9.17) is 52.1 Å². The number of aromatic nitrogens is 1. The molecule has 1 saturated carbocycles. The van der Waals surface area contributed by atoms with Crippen molar-refractivity contribution < 1.29 is 90.6 Å². The van der Waals surface area contributed by atoms with Gasteiger partial charge in [-0.05, 0) is 79.8 Å². The number of carbonyl (C=O) groups excluding carboxylic acids is 7. The fraction of sp³-hybridized carbons (Fsp3) is 0.231. The second kappa shape index (κ2) is 28.0. The summed E-state index contributed by atoms with van der Waals surface area (Å²) in [5, 5.41) is 19.7. The Bertz CT molecular complexity index is 3090. The first-order valence-electron chi connectivity index (χ1n) is 22.8. The molecule has 0 radical (unpaired) electrons. The number of benzene rings is 4. The molecular formula is C52H46N4O20S. The van der Waals surface area contributed by atoms with Crippen molar-refractivity contribution in [2.75, 3.05) is 33.8 Å². The van der Waals surface area contributed by atoms with E-state index in [1.807, 2.05) is 0 Å². The lowest BCUT2D eigenvalue weighted by molar-refractivity contribution is -0.384. The van der Waals surface area contributed by atoms with Gasteiger partial charge in [-0.3, -0.25) is 19.7 Å². The lowest BCUT2D eigenvalue weighted by Crippen LogP contribution is -2.29. The Labute approximate surface area is 441 Å². The maximum atomic E-state index is 13.7. The van der Waals surface area contributed by atoms with E-state index in [0.29, 0.717) is 35.9 Å². The maximum absolute atomic E-state index is 13.7. The number of hydrogen-bond acceptors (Lipinski definition) is 24. The van der Waals surface area contributed by atoms with Crippen molar-refractivity contribution in [3.8, 4) is 34.5 Å². The standard InChI is InChI=1S/C52H46N4O20S/c1-5-43(57)71-27-67-38-20-14-34(25-41(38)69-29-73-45(59)7-3)51(63)76-40-21-13-31(48-47(40)53-52(77-48)55-54-35-15-17-36(18-16-35)56(64)65)23-24-66-49(61)32-9-11-33(12-10-32)50(62)75-37-19-22-39(68-28-72-44(58)6-2)42(26-37)70-30-74-46(60)8-4/h5-8,13-22,25-26,32-33H,1-4,9-12,23-24,27-30H2. The van der Waals surface area contributed by atoms with Crippen LogP contribution in [-0.2, 0) is 58.9 Å². The van der Waals surface area contributed by atoms with E-state index in [1.54, 1.807) is 6.07 Å². The molecule has 0 atom stereocenters. The van der Waals surface area contributed by atoms with Gasteiger partial charge < -0.3 is 52.1 Å². The van der Waals surface area contributed by atoms with Gasteiger partial charge >= 0.3 is 41.8 Å². The number of thiazole rings is 1. The molecule has 0 aliphatic heterocycles. The van der Waals surface area contributed by atoms with Crippen molar-refractivity contribution in [1.82, 2.24) is 4.98 Å². The van der Waals surface area contributed by atoms with Crippen LogP contribution >= 0.6 is 11.3 Å². The molecule has 1 aliphatic carbocycles. The van der Waals surface area contributed by atoms with Crippen molar-refractivity contribution in [1.29, 1.82) is 0 Å². The summed E-state index contributed by atoms with van der Waals surface area (Å²) < 4.78 is 59.1. The summed E-state index contributed by atoms with van der Waals surface area (Å²) in [5.74, 6) is -5.94. The molecule has 5 aromatic rings. The van der Waals surface area contributed by atoms with Gasteiger partial charge in [0, 0.05) is 48.9 Å². The van der Waals surface area contributed by atoms with Gasteiger partial charge in [0.25, 0.3) is 5.69 Å². The number of non-ortho nitro benzene ring substituents is 1. The summed E-state index contributed by atoms with van der Waals surface area (Å²) in [6.07, 6.45) is 5.23. The number of nitro groups is 1. The van der Waals surface area contributed by atoms with E-state index in [-0.39, 0.29) is 75.1 Å². The average molecular weight is 1080 g/mol. The lowest BCUT2D eigenvalue weighted by atomic mass is 9.82. The van der Waals surface area contributed by atoms with E-state index >= 15 is 0 Å². The Hall–Kier alpha value is -9.78. The Balaban J connectivity index is 1.11. The lowest BCUT2D eigenvalue weighted by Gasteiger charge is -2.26. The molecule has 0 N–H and O–H groups in total. The average Bonchev–Trinajstić information content (AvgIpc) is 3.88. The highest BCUT2D eigenvalue weighted by molar-refractivity contribution is 7.22. The zero-order valence-electron chi connectivity index (χ0n) is 40.7. The summed E-state index contributed by atoms with van der Waals surface area (Å²) in [4.78, 5) is 102. The fourth-order valence-corrected chi connectivity index (χ4v) is 7.83. The van der Waals surface area contributed by atoms with Crippen LogP contribution in [0.25, 0.3) is 10.2 Å². The van der Waals surface area contributed by atoms with Crippen molar-refractivity contribution in [3.63, 3.8) is 0 Å². The Morgan fingerprint density at radius 1 is 0.597 bits per heavy atom. The number of esters is 7. The molecule has 4 aromatic carbocycles. The predicted octanol–water partition coefficient (Wildman–Crippen LogP) is 8.60. The summed E-state index contributed by atoms with van der Waals surface area (Å²) in [6, 6.07) is 16.6. The van der Waals surface area contributed by atoms with Gasteiger partial charge in [0.2, 0.25) is 32.3 Å². The molecule has 0 unspecified atom stereocenters. The molecule has 24 nitrogen and oxygen atoms in total. The fourth-order valence-electron chi connectivity index (χ4n) is 6.88. The molecule has 0 saturated heterocycles. The first-order chi connectivity index (χ1) is 37.2. The summed E-state index contributed by atoms with van der Waals surface area (Å²) >= 11 is 1.08. The van der Waals surface area contributed by atoms with Crippen LogP contribution in [0.5, 0.6) is 34.5 Å². The quantitative estimate of drug-likeness (QED) is 0.00694. The molecule has 1 aromatic heterocycles. The van der Waals surface area contributed by atoms with Gasteiger partial charge in [-0.2, -0.15) is 0 Å². The van der Waals surface area contributed by atoms with E-state index in [2.05, 4.69) is 41.5 Å². The minimum absolute atomic E-state index is 0.00131. The summed E-state index contributed by atoms with van der Waals surface area (Å²) in [6.45, 7) is 11.0. The van der Waals surface area contributed by atoms with Gasteiger partial charge in [0.05, 0.1) is 39.3 Å². The first kappa shape index (κ1) is 56.5. The summed E-state index contributed by atoms with van der Waals surface area (Å²) in [7, 11) is 0. The molecule has 1 aliphatic rings. The molecular weight excluding hydrogens is 1030 g/mol. The zero-order chi connectivity index (χ0) is 55.3. The topological polar surface area (TPSA) is 302 Å². The molecule has 6 rings (SSSR count). The number of hydrogen-bond donors (Lipinski definition) is 0. The molecule has 25 heteroatoms. The Morgan fingerprint density at radius 3 is 1.65 bits per heavy atom. The maximum Gasteiger partial charge on any atom is 0.343 e. The normalized spacial score (nSPS) is 13.7. The predicted molar refractivity (Wildman–Crippen MR) is 268 cm³/mol. The molecule has 77 heavy (non-hydrogen) atoms. The van der Waals surface area contributed by atoms with E-state index in [9.17, 15) is 43.7 Å². The Morgan fingerprint density at radius 2 is 1.10 bits per heavy atom. The Kier molecular flexibility index (Phi) is 20.6. The SMILES string of the molecule is C=CC(=O)OCOc1ccc(OC(=O)C2CCC(C(=O)OCCc3ccc(OC(=O)c4ccc(OCOC(=O)C=C)c(OCOC(=O)C=C)c4)c4nc(N=Nc5ccc([N+](=O)[O-])cc5)sc34)CC2)cc1OCOC(=O)C=C. The van der Waals surface area contributed by atoms with Crippen LogP contribution in [-0.4, -0.2) is 85.5 Å². The van der Waals surface area contributed by atoms with Gasteiger partial charge in [-0.15, -0.1) is 10.2 Å². The third-order valence-electron chi connectivity index (χ3n) is 10.7. The number of fused-ring (bicyclic) bond motifs is 1. The van der Waals surface area contributed by atoms with Gasteiger partial charge in [0.15, 0.2) is 28.7 Å². The van der Waals surface area contributed by atoms with Crippen LogP contribution in [0.15, 0.2) is 134 Å². The zero-order valence-corrected chi connectivity index (χ0v) is 41.5. The number of ether oxygens (including phenoxy) is 11. The van der Waals surface area contributed by atoms with Crippen LogP contribution < -0.4 is 28.4 Å². The number of azo groups is 1. The van der Waals surface area contributed by atoms with Gasteiger partial charge in [0.1, 0.15) is 11.3 Å². The molecule has 1 fully saturated rings. The number of rotatable bonds is 27. The third kappa shape index (κ3) is 16.6. The largest absolute Gasteiger partial charge is 0.465 e. The number of nitro benzene ring substituents is 1. The highest BCUT2D eigenvalue weighted by atomic mass is 32.1. The minimum atomic E-state index is -0.883. The third-order valence-corrected chi connectivity index (χ3v) is 11.8. The number of carbonyl (C=O) groups is 7. The smallest absolute Gasteiger partial charge is 0.343 e. The first-order valence-corrected chi connectivity index (χ1v) is 23.6. The van der Waals surface area contributed by atoms with Crippen LogP contribution in [0.2, 0.25) is 0 Å². The van der Waals surface area contributed by atoms with Crippen LogP contribution in [0.1, 0.15) is 41.6 Å². The van der Waals surface area contributed by atoms with Gasteiger partial charge in [-0.25, -0.2) is 29.0 Å². The van der Waals surface area contributed by atoms with Crippen LogP contribution in [0.3, 0.4) is 0 Å². The second-order valence-electron chi connectivity index (χ2n) is 15.6. The highest BCUT2D eigenvalue weighted by Crippen LogP contribution is 2.39. The minimum Gasteiger partial charge on any atom is -0.465 e. The highest BCUT2D eigenvalue weighted by Gasteiger charge is 2.32. The second-order valence-corrected chi connectivity index (χ2v) is 16.6. The monoisotopic (exact) mass is 1080 g/mol. The van der Waals surface area contributed by atoms with Crippen molar-refractivity contribution in [2.24, 2.45) is 22.1 Å². The number of nitrogens with zero attached hydrogens (tertiary/aromatic N) is 4. The van der Waals surface area contributed by atoms with E-state index < -0.39 is 85.7 Å². The van der Waals surface area contributed by atoms with Crippen molar-refractivity contribution >= 4 is 79.8 Å². The molecule has 0 bridgehead atoms. The molecule has 0 amide bonds. The van der Waals surface area contributed by atoms with E-state index in [1.165, 1.54) is 66.7 Å². The van der Waals surface area contributed by atoms with Gasteiger partial charge in [-0.1, -0.05) is 43.7 Å². The molecule has 0 spiro atoms. The molecule has 1 heterocycles. The van der Waals surface area contributed by atoms with Crippen LogP contribution in [0.4, 0.5) is 16.5 Å². The van der Waals surface area contributed by atoms with Crippen LogP contribution in [0, 0.1) is 22.0 Å². The van der Waals surface area contributed by atoms with Crippen molar-refractivity contribution in [2.45, 2.75) is 32.1 Å². The summed E-state index contributed by atoms with van der Waals surface area (Å²) in [5.41, 5.74) is 0.926. The molecule has 400 valence electrons. The van der Waals surface area contributed by atoms with Crippen molar-refractivity contribution in [3.05, 3.63) is 145 Å².